The molecule has 0 saturated carbocycles. The van der Waals surface area contributed by atoms with Crippen LogP contribution in [0.4, 0.5) is 0 Å². The Hall–Kier alpha value is -1.67. The highest BCUT2D eigenvalue weighted by Gasteiger charge is 2.12. The molecule has 21 heavy (non-hydrogen) atoms. The maximum Gasteiger partial charge on any atom is 0.0991 e. The highest BCUT2D eigenvalue weighted by atomic mass is 16.5. The lowest BCUT2D eigenvalue weighted by molar-refractivity contribution is 0.0335. The Morgan fingerprint density at radius 2 is 2.00 bits per heavy atom. The molecule has 1 heterocycles. The molecule has 0 unspecified atom stereocenters. The summed E-state index contributed by atoms with van der Waals surface area (Å²) in [6.45, 7) is 11.4. The third kappa shape index (κ3) is 5.31. The van der Waals surface area contributed by atoms with E-state index in [-0.39, 0.29) is 0 Å². The van der Waals surface area contributed by atoms with Gasteiger partial charge in [0.05, 0.1) is 24.8 Å². The van der Waals surface area contributed by atoms with E-state index in [2.05, 4.69) is 22.4 Å². The van der Waals surface area contributed by atoms with E-state index in [1.807, 2.05) is 30.3 Å². The largest absolute Gasteiger partial charge is 0.379 e. The van der Waals surface area contributed by atoms with Gasteiger partial charge in [0.2, 0.25) is 0 Å². The van der Waals surface area contributed by atoms with E-state index in [1.54, 1.807) is 0 Å². The second-order valence-corrected chi connectivity index (χ2v) is 5.29. The van der Waals surface area contributed by atoms with Gasteiger partial charge in [-0.3, -0.25) is 9.80 Å². The zero-order valence-electron chi connectivity index (χ0n) is 12.5. The zero-order valence-corrected chi connectivity index (χ0v) is 12.5. The first-order chi connectivity index (χ1) is 10.3. The minimum atomic E-state index is 0.710. The van der Waals surface area contributed by atoms with Crippen molar-refractivity contribution in [3.63, 3.8) is 0 Å². The molecule has 0 aromatic heterocycles. The molecule has 0 aliphatic carbocycles. The van der Waals surface area contributed by atoms with Crippen LogP contribution in [0.2, 0.25) is 0 Å². The minimum Gasteiger partial charge on any atom is -0.379 e. The van der Waals surface area contributed by atoms with Gasteiger partial charge in [-0.1, -0.05) is 18.2 Å². The van der Waals surface area contributed by atoms with Crippen LogP contribution < -0.4 is 0 Å². The molecule has 0 amide bonds. The predicted molar refractivity (Wildman–Crippen MR) is 83.9 cm³/mol. The standard InChI is InChI=1S/C17H23N3O/c1-2-7-20(9-8-19-10-12-21-13-11-19)15-17-5-3-16(14-18)4-6-17/h2-6H,1,7-13,15H2. The van der Waals surface area contributed by atoms with Gasteiger partial charge in [-0.2, -0.15) is 5.26 Å². The number of morpholine rings is 1. The summed E-state index contributed by atoms with van der Waals surface area (Å²) in [5.74, 6) is 0. The summed E-state index contributed by atoms with van der Waals surface area (Å²) in [5.41, 5.74) is 1.94. The summed E-state index contributed by atoms with van der Waals surface area (Å²) >= 11 is 0. The van der Waals surface area contributed by atoms with E-state index in [0.717, 1.165) is 52.5 Å². The maximum atomic E-state index is 8.83. The van der Waals surface area contributed by atoms with E-state index in [1.165, 1.54) is 5.56 Å². The van der Waals surface area contributed by atoms with Gasteiger partial charge in [-0.25, -0.2) is 0 Å². The summed E-state index contributed by atoms with van der Waals surface area (Å²) < 4.78 is 5.37. The molecule has 0 bridgehead atoms. The molecule has 1 aliphatic rings. The van der Waals surface area contributed by atoms with Crippen LogP contribution in [0.15, 0.2) is 36.9 Å². The minimum absolute atomic E-state index is 0.710. The van der Waals surface area contributed by atoms with Crippen molar-refractivity contribution in [1.82, 2.24) is 9.80 Å². The van der Waals surface area contributed by atoms with Crippen molar-refractivity contribution in [3.05, 3.63) is 48.0 Å². The van der Waals surface area contributed by atoms with Crippen LogP contribution in [0.5, 0.6) is 0 Å². The first-order valence-electron chi connectivity index (χ1n) is 7.44. The average molecular weight is 285 g/mol. The molecule has 112 valence electrons. The van der Waals surface area contributed by atoms with Crippen LogP contribution in [0.1, 0.15) is 11.1 Å². The van der Waals surface area contributed by atoms with Gasteiger partial charge in [0.25, 0.3) is 0 Å². The zero-order chi connectivity index (χ0) is 14.9. The van der Waals surface area contributed by atoms with Gasteiger partial charge in [0.1, 0.15) is 0 Å². The van der Waals surface area contributed by atoms with Crippen LogP contribution in [0.3, 0.4) is 0 Å². The Bertz CT molecular complexity index is 472. The van der Waals surface area contributed by atoms with Crippen molar-refractivity contribution in [2.75, 3.05) is 45.9 Å². The molecule has 1 aliphatic heterocycles. The molecule has 1 saturated heterocycles. The van der Waals surface area contributed by atoms with Gasteiger partial charge in [-0.05, 0) is 17.7 Å². The lowest BCUT2D eigenvalue weighted by Gasteiger charge is -2.29. The smallest absolute Gasteiger partial charge is 0.0991 e. The van der Waals surface area contributed by atoms with E-state index in [4.69, 9.17) is 10.00 Å². The molecule has 0 radical (unpaired) electrons. The summed E-state index contributed by atoms with van der Waals surface area (Å²) in [6, 6.07) is 9.97. The van der Waals surface area contributed by atoms with E-state index < -0.39 is 0 Å². The molecule has 1 fully saturated rings. The number of nitriles is 1. The molecule has 2 rings (SSSR count). The molecular weight excluding hydrogens is 262 g/mol. The van der Waals surface area contributed by atoms with Crippen molar-refractivity contribution in [1.29, 1.82) is 5.26 Å². The van der Waals surface area contributed by atoms with Crippen molar-refractivity contribution < 1.29 is 4.74 Å². The van der Waals surface area contributed by atoms with Crippen LogP contribution in [0, 0.1) is 11.3 Å². The van der Waals surface area contributed by atoms with Crippen LogP contribution in [-0.2, 0) is 11.3 Å². The lowest BCUT2D eigenvalue weighted by atomic mass is 10.1. The Labute approximate surface area is 127 Å². The normalized spacial score (nSPS) is 15.8. The Kier molecular flexibility index (Phi) is 6.42. The van der Waals surface area contributed by atoms with Crippen molar-refractivity contribution in [3.8, 4) is 6.07 Å². The predicted octanol–water partition coefficient (Wildman–Crippen LogP) is 1.88. The van der Waals surface area contributed by atoms with Crippen molar-refractivity contribution >= 4 is 0 Å². The Morgan fingerprint density at radius 3 is 2.62 bits per heavy atom. The quantitative estimate of drug-likeness (QED) is 0.717. The van der Waals surface area contributed by atoms with E-state index >= 15 is 0 Å². The number of nitrogens with zero attached hydrogens (tertiary/aromatic N) is 3. The van der Waals surface area contributed by atoms with Gasteiger partial charge >= 0.3 is 0 Å². The number of ether oxygens (including phenoxy) is 1. The Balaban J connectivity index is 1.85. The maximum absolute atomic E-state index is 8.83. The lowest BCUT2D eigenvalue weighted by Crippen LogP contribution is -2.41. The summed E-state index contributed by atoms with van der Waals surface area (Å²) in [5, 5.41) is 8.83. The third-order valence-corrected chi connectivity index (χ3v) is 3.71. The van der Waals surface area contributed by atoms with Gasteiger partial charge in [0.15, 0.2) is 0 Å². The fraction of sp³-hybridized carbons (Fsp3) is 0.471. The average Bonchev–Trinajstić information content (AvgIpc) is 2.54. The molecular formula is C17H23N3O. The Morgan fingerprint density at radius 1 is 1.29 bits per heavy atom. The molecule has 4 heteroatoms. The fourth-order valence-corrected chi connectivity index (χ4v) is 2.47. The first-order valence-corrected chi connectivity index (χ1v) is 7.44. The number of benzene rings is 1. The molecule has 0 atom stereocenters. The third-order valence-electron chi connectivity index (χ3n) is 3.71. The van der Waals surface area contributed by atoms with Crippen molar-refractivity contribution in [2.45, 2.75) is 6.54 Å². The SMILES string of the molecule is C=CCN(CCN1CCOCC1)Cc1ccc(C#N)cc1. The van der Waals surface area contributed by atoms with Crippen LogP contribution in [-0.4, -0.2) is 55.7 Å². The topological polar surface area (TPSA) is 39.5 Å². The van der Waals surface area contributed by atoms with Gasteiger partial charge in [0, 0.05) is 39.3 Å². The first kappa shape index (κ1) is 15.7. The molecule has 1 aromatic carbocycles. The number of rotatable bonds is 7. The number of hydrogen-bond donors (Lipinski definition) is 0. The van der Waals surface area contributed by atoms with Crippen molar-refractivity contribution in [2.24, 2.45) is 0 Å². The molecule has 1 aromatic rings. The van der Waals surface area contributed by atoms with E-state index in [0.29, 0.717) is 5.56 Å². The monoisotopic (exact) mass is 285 g/mol. The molecule has 4 nitrogen and oxygen atoms in total. The fourth-order valence-electron chi connectivity index (χ4n) is 2.47. The summed E-state index contributed by atoms with van der Waals surface area (Å²) in [4.78, 5) is 4.82. The highest BCUT2D eigenvalue weighted by Crippen LogP contribution is 2.08. The van der Waals surface area contributed by atoms with E-state index in [9.17, 15) is 0 Å². The van der Waals surface area contributed by atoms with Gasteiger partial charge in [-0.15, -0.1) is 6.58 Å². The second kappa shape index (κ2) is 8.58. The molecule has 0 N–H and O–H groups in total. The second-order valence-electron chi connectivity index (χ2n) is 5.29. The van der Waals surface area contributed by atoms with Gasteiger partial charge < -0.3 is 4.74 Å². The number of hydrogen-bond acceptors (Lipinski definition) is 4. The van der Waals surface area contributed by atoms with Crippen LogP contribution in [0.25, 0.3) is 0 Å². The summed E-state index contributed by atoms with van der Waals surface area (Å²) in [6.07, 6.45) is 1.95. The van der Waals surface area contributed by atoms with Crippen LogP contribution >= 0.6 is 0 Å². The highest BCUT2D eigenvalue weighted by molar-refractivity contribution is 5.31. The molecule has 0 spiro atoms. The summed E-state index contributed by atoms with van der Waals surface area (Å²) in [7, 11) is 0.